The van der Waals surface area contributed by atoms with Gasteiger partial charge >= 0.3 is 0 Å². The van der Waals surface area contributed by atoms with E-state index in [-0.39, 0.29) is 0 Å². The van der Waals surface area contributed by atoms with Crippen LogP contribution in [0.4, 0.5) is 8.78 Å². The summed E-state index contributed by atoms with van der Waals surface area (Å²) in [5.41, 5.74) is 0.758. The molecular weight excluding hydrogens is 256 g/mol. The Hall–Kier alpha value is -0.960. The van der Waals surface area contributed by atoms with Gasteiger partial charge in [-0.3, -0.25) is 0 Å². The van der Waals surface area contributed by atoms with E-state index in [9.17, 15) is 8.78 Å². The molecule has 1 fully saturated rings. The zero-order valence-electron chi connectivity index (χ0n) is 12.3. The molecule has 2 rings (SSSR count). The molecule has 20 heavy (non-hydrogen) atoms. The Morgan fingerprint density at radius 1 is 1.15 bits per heavy atom. The minimum Gasteiger partial charge on any atom is -0.314 e. The van der Waals surface area contributed by atoms with Gasteiger partial charge in [0.25, 0.3) is 0 Å². The number of hydrogen-bond donors (Lipinski definition) is 1. The number of hydrogen-bond acceptors (Lipinski definition) is 1. The predicted molar refractivity (Wildman–Crippen MR) is 78.7 cm³/mol. The summed E-state index contributed by atoms with van der Waals surface area (Å²) >= 11 is 0. The fourth-order valence-corrected chi connectivity index (χ4v) is 3.25. The van der Waals surface area contributed by atoms with Crippen molar-refractivity contribution in [3.05, 3.63) is 35.4 Å². The van der Waals surface area contributed by atoms with E-state index >= 15 is 0 Å². The third-order valence-electron chi connectivity index (χ3n) is 4.18. The molecule has 1 nitrogen and oxygen atoms in total. The third-order valence-corrected chi connectivity index (χ3v) is 4.18. The molecule has 0 aliphatic heterocycles. The van der Waals surface area contributed by atoms with Crippen LogP contribution in [0, 0.1) is 17.6 Å². The molecule has 3 heteroatoms. The van der Waals surface area contributed by atoms with Crippen LogP contribution >= 0.6 is 0 Å². The van der Waals surface area contributed by atoms with Gasteiger partial charge in [0.1, 0.15) is 11.6 Å². The van der Waals surface area contributed by atoms with Crippen LogP contribution in [-0.4, -0.2) is 12.6 Å². The van der Waals surface area contributed by atoms with Gasteiger partial charge in [0.05, 0.1) is 0 Å². The zero-order chi connectivity index (χ0) is 14.4. The topological polar surface area (TPSA) is 12.0 Å². The van der Waals surface area contributed by atoms with E-state index in [1.54, 1.807) is 0 Å². The molecular formula is C17H25F2N. The van der Waals surface area contributed by atoms with E-state index in [0.717, 1.165) is 36.9 Å². The van der Waals surface area contributed by atoms with Crippen molar-refractivity contribution in [1.29, 1.82) is 0 Å². The first-order chi connectivity index (χ1) is 9.67. The van der Waals surface area contributed by atoms with Crippen molar-refractivity contribution in [2.24, 2.45) is 5.92 Å². The van der Waals surface area contributed by atoms with Crippen LogP contribution in [0.3, 0.4) is 0 Å². The lowest BCUT2D eigenvalue weighted by Gasteiger charge is -2.22. The average Bonchev–Trinajstić information content (AvgIpc) is 2.87. The summed E-state index contributed by atoms with van der Waals surface area (Å²) in [6.07, 6.45) is 8.20. The van der Waals surface area contributed by atoms with Gasteiger partial charge in [0, 0.05) is 12.1 Å². The molecule has 1 aromatic carbocycles. The maximum atomic E-state index is 13.3. The molecule has 0 aromatic heterocycles. The molecule has 0 heterocycles. The molecule has 1 aliphatic carbocycles. The Morgan fingerprint density at radius 3 is 2.40 bits per heavy atom. The predicted octanol–water partition coefficient (Wildman–Crippen LogP) is 4.46. The Kier molecular flexibility index (Phi) is 5.96. The highest BCUT2D eigenvalue weighted by Crippen LogP contribution is 2.29. The van der Waals surface area contributed by atoms with Crippen LogP contribution in [0.1, 0.15) is 51.0 Å². The molecule has 0 amide bonds. The van der Waals surface area contributed by atoms with Gasteiger partial charge in [0.2, 0.25) is 0 Å². The maximum Gasteiger partial charge on any atom is 0.126 e. The lowest BCUT2D eigenvalue weighted by molar-refractivity contribution is 0.384. The minimum atomic E-state index is -0.477. The molecule has 1 aromatic rings. The highest BCUT2D eigenvalue weighted by molar-refractivity contribution is 5.19. The Balaban J connectivity index is 1.97. The van der Waals surface area contributed by atoms with Gasteiger partial charge in [-0.25, -0.2) is 8.78 Å². The zero-order valence-corrected chi connectivity index (χ0v) is 12.3. The molecule has 0 spiro atoms. The molecule has 1 atom stereocenters. The summed E-state index contributed by atoms with van der Waals surface area (Å²) in [4.78, 5) is 0. The molecule has 0 radical (unpaired) electrons. The van der Waals surface area contributed by atoms with Gasteiger partial charge in [0.15, 0.2) is 0 Å². The number of halogens is 2. The van der Waals surface area contributed by atoms with Crippen LogP contribution in [0.2, 0.25) is 0 Å². The summed E-state index contributed by atoms with van der Waals surface area (Å²) in [5, 5.41) is 3.54. The molecule has 1 saturated carbocycles. The van der Waals surface area contributed by atoms with Crippen molar-refractivity contribution in [3.8, 4) is 0 Å². The summed E-state index contributed by atoms with van der Waals surface area (Å²) in [6.45, 7) is 3.11. The fourth-order valence-electron chi connectivity index (χ4n) is 3.25. The maximum absolute atomic E-state index is 13.3. The SMILES string of the molecule is CCCNC(Cc1cc(F)cc(F)c1)CC1CCCC1. The summed E-state index contributed by atoms with van der Waals surface area (Å²) in [5.74, 6) is -0.173. The second-order valence-corrected chi connectivity index (χ2v) is 6.02. The summed E-state index contributed by atoms with van der Waals surface area (Å²) in [6, 6.07) is 4.19. The number of rotatable bonds is 7. The molecule has 0 saturated heterocycles. The quantitative estimate of drug-likeness (QED) is 0.778. The third kappa shape index (κ3) is 4.86. The molecule has 0 bridgehead atoms. The van der Waals surface area contributed by atoms with E-state index in [1.165, 1.54) is 37.8 Å². The van der Waals surface area contributed by atoms with Crippen LogP contribution in [0.25, 0.3) is 0 Å². The van der Waals surface area contributed by atoms with Gasteiger partial charge in [-0.05, 0) is 49.4 Å². The lowest BCUT2D eigenvalue weighted by atomic mass is 9.93. The Labute approximate surface area is 120 Å². The molecule has 1 N–H and O–H groups in total. The van der Waals surface area contributed by atoms with Gasteiger partial charge in [-0.1, -0.05) is 32.6 Å². The first-order valence-corrected chi connectivity index (χ1v) is 7.85. The van der Waals surface area contributed by atoms with Gasteiger partial charge in [-0.15, -0.1) is 0 Å². The van der Waals surface area contributed by atoms with E-state index in [1.807, 2.05) is 0 Å². The second kappa shape index (κ2) is 7.72. The van der Waals surface area contributed by atoms with E-state index < -0.39 is 11.6 Å². The highest BCUT2D eigenvalue weighted by atomic mass is 19.1. The Morgan fingerprint density at radius 2 is 1.80 bits per heavy atom. The largest absolute Gasteiger partial charge is 0.314 e. The van der Waals surface area contributed by atoms with Crippen molar-refractivity contribution in [2.75, 3.05) is 6.54 Å². The summed E-state index contributed by atoms with van der Waals surface area (Å²) < 4.78 is 26.5. The monoisotopic (exact) mass is 281 g/mol. The number of nitrogens with one attached hydrogen (secondary N) is 1. The first-order valence-electron chi connectivity index (χ1n) is 7.85. The van der Waals surface area contributed by atoms with Crippen molar-refractivity contribution in [1.82, 2.24) is 5.32 Å². The van der Waals surface area contributed by atoms with E-state index in [2.05, 4.69) is 12.2 Å². The number of benzene rings is 1. The van der Waals surface area contributed by atoms with Crippen molar-refractivity contribution in [3.63, 3.8) is 0 Å². The normalized spacial score (nSPS) is 17.6. The van der Waals surface area contributed by atoms with Crippen LogP contribution in [0.5, 0.6) is 0 Å². The van der Waals surface area contributed by atoms with E-state index in [4.69, 9.17) is 0 Å². The van der Waals surface area contributed by atoms with E-state index in [0.29, 0.717) is 12.5 Å². The highest BCUT2D eigenvalue weighted by Gasteiger charge is 2.20. The standard InChI is InChI=1S/C17H25F2N/c1-2-7-20-17(10-13-5-3-4-6-13)11-14-8-15(18)12-16(19)9-14/h8-9,12-13,17,20H,2-7,10-11H2,1H3. The average molecular weight is 281 g/mol. The summed E-state index contributed by atoms with van der Waals surface area (Å²) in [7, 11) is 0. The van der Waals surface area contributed by atoms with Crippen molar-refractivity contribution < 1.29 is 8.78 Å². The van der Waals surface area contributed by atoms with Gasteiger partial charge in [-0.2, -0.15) is 0 Å². The lowest BCUT2D eigenvalue weighted by Crippen LogP contribution is -2.33. The fraction of sp³-hybridized carbons (Fsp3) is 0.647. The van der Waals surface area contributed by atoms with Crippen molar-refractivity contribution in [2.45, 2.75) is 57.9 Å². The Bertz CT molecular complexity index is 393. The molecule has 1 aliphatic rings. The van der Waals surface area contributed by atoms with Crippen LogP contribution in [0.15, 0.2) is 18.2 Å². The van der Waals surface area contributed by atoms with Crippen molar-refractivity contribution >= 4 is 0 Å². The minimum absolute atomic E-state index is 0.333. The second-order valence-electron chi connectivity index (χ2n) is 6.02. The molecule has 112 valence electrons. The smallest absolute Gasteiger partial charge is 0.126 e. The molecule has 1 unspecified atom stereocenters. The van der Waals surface area contributed by atoms with Crippen LogP contribution < -0.4 is 5.32 Å². The van der Waals surface area contributed by atoms with Crippen LogP contribution in [-0.2, 0) is 6.42 Å². The van der Waals surface area contributed by atoms with Gasteiger partial charge < -0.3 is 5.32 Å². The first kappa shape index (κ1) is 15.4.